The predicted octanol–water partition coefficient (Wildman–Crippen LogP) is 4.39. The second-order valence-electron chi connectivity index (χ2n) is 7.90. The molecule has 1 fully saturated rings. The molecule has 4 rings (SSSR count). The Morgan fingerprint density at radius 2 is 1.93 bits per heavy atom. The number of fused-ring (bicyclic) bond motifs is 1. The van der Waals surface area contributed by atoms with E-state index < -0.39 is 12.2 Å². The molecule has 1 saturated heterocycles. The maximum absolute atomic E-state index is 10.7. The highest BCUT2D eigenvalue weighted by atomic mass is 35.5. The lowest BCUT2D eigenvalue weighted by molar-refractivity contribution is -0.0588. The summed E-state index contributed by atoms with van der Waals surface area (Å²) >= 11 is 12.0. The SMILES string of the molecule is COc1ccc2c(c1)OC1(CCN(C[C@@H](O)c3ccc(Cl)c(Cl)c3)CC1)C[C@@H]2O. The molecule has 5 nitrogen and oxygen atoms in total. The van der Waals surface area contributed by atoms with Crippen molar-refractivity contribution in [3.63, 3.8) is 0 Å². The quantitative estimate of drug-likeness (QED) is 0.742. The zero-order chi connectivity index (χ0) is 20.6. The van der Waals surface area contributed by atoms with Crippen LogP contribution in [0.15, 0.2) is 36.4 Å². The van der Waals surface area contributed by atoms with Gasteiger partial charge < -0.3 is 24.6 Å². The van der Waals surface area contributed by atoms with Crippen molar-refractivity contribution < 1.29 is 19.7 Å². The van der Waals surface area contributed by atoms with Crippen LogP contribution in [0.1, 0.15) is 42.6 Å². The zero-order valence-corrected chi connectivity index (χ0v) is 17.8. The van der Waals surface area contributed by atoms with E-state index in [-0.39, 0.29) is 5.60 Å². The summed E-state index contributed by atoms with van der Waals surface area (Å²) in [6.07, 6.45) is 0.971. The maximum Gasteiger partial charge on any atom is 0.129 e. The van der Waals surface area contributed by atoms with Crippen LogP contribution in [0.5, 0.6) is 11.5 Å². The first-order valence-electron chi connectivity index (χ1n) is 9.79. The second kappa shape index (κ2) is 8.32. The van der Waals surface area contributed by atoms with Gasteiger partial charge in [0.1, 0.15) is 17.1 Å². The van der Waals surface area contributed by atoms with Crippen LogP contribution in [0.2, 0.25) is 10.0 Å². The number of likely N-dealkylation sites (tertiary alicyclic amines) is 1. The van der Waals surface area contributed by atoms with E-state index in [1.807, 2.05) is 18.2 Å². The molecule has 0 amide bonds. The van der Waals surface area contributed by atoms with Gasteiger partial charge in [-0.3, -0.25) is 0 Å². The van der Waals surface area contributed by atoms with E-state index in [9.17, 15) is 10.2 Å². The molecule has 0 radical (unpaired) electrons. The first-order chi connectivity index (χ1) is 13.9. The van der Waals surface area contributed by atoms with E-state index in [1.165, 1.54) is 0 Å². The molecule has 2 aromatic carbocycles. The van der Waals surface area contributed by atoms with Crippen LogP contribution in [0.25, 0.3) is 0 Å². The van der Waals surface area contributed by atoms with Crippen LogP contribution in [0, 0.1) is 0 Å². The third-order valence-corrected chi connectivity index (χ3v) is 6.74. The lowest BCUT2D eigenvalue weighted by Gasteiger charge is -2.46. The van der Waals surface area contributed by atoms with Gasteiger partial charge in [-0.05, 0) is 42.7 Å². The second-order valence-corrected chi connectivity index (χ2v) is 8.71. The standard InChI is InChI=1S/C22H25Cl2NO4/c1-28-15-3-4-16-19(26)12-22(29-21(16)11-15)6-8-25(9-7-22)13-20(27)14-2-5-17(23)18(24)10-14/h2-5,10-11,19-20,26-27H,6-9,12-13H2,1H3/t19-,20+/m0/s1. The molecule has 2 heterocycles. The average molecular weight is 438 g/mol. The Balaban J connectivity index is 1.40. The molecular formula is C22H25Cl2NO4. The molecule has 29 heavy (non-hydrogen) atoms. The van der Waals surface area contributed by atoms with E-state index in [2.05, 4.69) is 4.90 Å². The first kappa shape index (κ1) is 20.8. The van der Waals surface area contributed by atoms with Gasteiger partial charge in [0.25, 0.3) is 0 Å². The molecule has 2 aliphatic rings. The van der Waals surface area contributed by atoms with Gasteiger partial charge in [0.05, 0.1) is 29.4 Å². The molecular weight excluding hydrogens is 413 g/mol. The summed E-state index contributed by atoms with van der Waals surface area (Å²) in [6, 6.07) is 10.8. The van der Waals surface area contributed by atoms with Crippen LogP contribution < -0.4 is 9.47 Å². The highest BCUT2D eigenvalue weighted by Crippen LogP contribution is 2.45. The third-order valence-electron chi connectivity index (χ3n) is 6.00. The number of aliphatic hydroxyl groups excluding tert-OH is 2. The summed E-state index contributed by atoms with van der Waals surface area (Å²) in [5.41, 5.74) is 1.18. The van der Waals surface area contributed by atoms with Gasteiger partial charge in [-0.25, -0.2) is 0 Å². The van der Waals surface area contributed by atoms with Crippen molar-refractivity contribution in [1.29, 1.82) is 0 Å². The Morgan fingerprint density at radius 3 is 2.62 bits per heavy atom. The smallest absolute Gasteiger partial charge is 0.129 e. The molecule has 0 bridgehead atoms. The number of aliphatic hydroxyl groups is 2. The van der Waals surface area contributed by atoms with Crippen molar-refractivity contribution in [1.82, 2.24) is 4.90 Å². The van der Waals surface area contributed by atoms with Crippen LogP contribution in [-0.2, 0) is 0 Å². The van der Waals surface area contributed by atoms with E-state index in [1.54, 1.807) is 25.3 Å². The first-order valence-corrected chi connectivity index (χ1v) is 10.6. The molecule has 156 valence electrons. The molecule has 2 aliphatic heterocycles. The Morgan fingerprint density at radius 1 is 1.17 bits per heavy atom. The van der Waals surface area contributed by atoms with E-state index in [4.69, 9.17) is 32.7 Å². The average Bonchev–Trinajstić information content (AvgIpc) is 2.71. The molecule has 0 saturated carbocycles. The number of benzene rings is 2. The Kier molecular flexibility index (Phi) is 5.96. The van der Waals surface area contributed by atoms with Crippen LogP contribution in [0.3, 0.4) is 0 Å². The number of ether oxygens (including phenoxy) is 2. The predicted molar refractivity (Wildman–Crippen MR) is 113 cm³/mol. The minimum absolute atomic E-state index is 0.385. The number of nitrogens with zero attached hydrogens (tertiary/aromatic N) is 1. The topological polar surface area (TPSA) is 62.2 Å². The minimum Gasteiger partial charge on any atom is -0.497 e. The summed E-state index contributed by atoms with van der Waals surface area (Å²) in [4.78, 5) is 2.22. The lowest BCUT2D eigenvalue weighted by Crippen LogP contribution is -2.51. The third kappa shape index (κ3) is 4.35. The summed E-state index contributed by atoms with van der Waals surface area (Å²) < 4.78 is 11.7. The fourth-order valence-corrected chi connectivity index (χ4v) is 4.57. The Labute approximate surface area is 180 Å². The van der Waals surface area contributed by atoms with Crippen molar-refractivity contribution >= 4 is 23.2 Å². The highest BCUT2D eigenvalue weighted by molar-refractivity contribution is 6.42. The summed E-state index contributed by atoms with van der Waals surface area (Å²) in [5.74, 6) is 1.42. The summed E-state index contributed by atoms with van der Waals surface area (Å²) in [5, 5.41) is 22.2. The fraction of sp³-hybridized carbons (Fsp3) is 0.455. The summed E-state index contributed by atoms with van der Waals surface area (Å²) in [6.45, 7) is 2.08. The number of rotatable bonds is 4. The van der Waals surface area contributed by atoms with Crippen molar-refractivity contribution in [2.24, 2.45) is 0 Å². The number of hydrogen-bond acceptors (Lipinski definition) is 5. The van der Waals surface area contributed by atoms with Gasteiger partial charge in [-0.15, -0.1) is 0 Å². The molecule has 2 atom stereocenters. The van der Waals surface area contributed by atoms with Gasteiger partial charge in [0, 0.05) is 37.7 Å². The van der Waals surface area contributed by atoms with E-state index in [0.717, 1.165) is 42.8 Å². The lowest BCUT2D eigenvalue weighted by atomic mass is 9.81. The molecule has 2 aromatic rings. The van der Waals surface area contributed by atoms with E-state index >= 15 is 0 Å². The molecule has 0 aromatic heterocycles. The Bertz CT molecular complexity index is 883. The number of β-amino-alcohol motifs (C(OH)–C–C–N with tert-alkyl or cyclic N) is 1. The number of methoxy groups -OCH3 is 1. The number of hydrogen-bond donors (Lipinski definition) is 2. The zero-order valence-electron chi connectivity index (χ0n) is 16.3. The minimum atomic E-state index is -0.637. The van der Waals surface area contributed by atoms with Crippen molar-refractivity contribution in [3.05, 3.63) is 57.6 Å². The normalized spacial score (nSPS) is 22.0. The van der Waals surface area contributed by atoms with Crippen LogP contribution in [-0.4, -0.2) is 47.5 Å². The van der Waals surface area contributed by atoms with Gasteiger partial charge >= 0.3 is 0 Å². The van der Waals surface area contributed by atoms with Gasteiger partial charge in [0.15, 0.2) is 0 Å². The molecule has 2 N–H and O–H groups in total. The maximum atomic E-state index is 10.7. The van der Waals surface area contributed by atoms with Crippen LogP contribution in [0.4, 0.5) is 0 Å². The molecule has 7 heteroatoms. The van der Waals surface area contributed by atoms with E-state index in [0.29, 0.717) is 28.8 Å². The monoisotopic (exact) mass is 437 g/mol. The van der Waals surface area contributed by atoms with Crippen LogP contribution >= 0.6 is 23.2 Å². The Hall–Kier alpha value is -1.50. The summed E-state index contributed by atoms with van der Waals surface area (Å²) in [7, 11) is 1.62. The molecule has 0 aliphatic carbocycles. The van der Waals surface area contributed by atoms with Crippen molar-refractivity contribution in [2.45, 2.75) is 37.1 Å². The van der Waals surface area contributed by atoms with Crippen molar-refractivity contribution in [2.75, 3.05) is 26.7 Å². The number of piperidine rings is 1. The molecule has 1 spiro atoms. The fourth-order valence-electron chi connectivity index (χ4n) is 4.26. The molecule has 0 unspecified atom stereocenters. The largest absolute Gasteiger partial charge is 0.497 e. The van der Waals surface area contributed by atoms with Gasteiger partial charge in [-0.2, -0.15) is 0 Å². The van der Waals surface area contributed by atoms with Gasteiger partial charge in [0.2, 0.25) is 0 Å². The van der Waals surface area contributed by atoms with Crippen molar-refractivity contribution in [3.8, 4) is 11.5 Å². The number of halogens is 2. The highest BCUT2D eigenvalue weighted by Gasteiger charge is 2.43. The van der Waals surface area contributed by atoms with Gasteiger partial charge in [-0.1, -0.05) is 29.3 Å².